The minimum atomic E-state index is -0.964. The number of nitrogens with one attached hydrogen (secondary N) is 1. The second kappa shape index (κ2) is 7.15. The highest BCUT2D eigenvalue weighted by molar-refractivity contribution is 5.95. The van der Waals surface area contributed by atoms with E-state index in [1.165, 1.54) is 0 Å². The number of furan rings is 1. The van der Waals surface area contributed by atoms with Crippen molar-refractivity contribution in [3.8, 4) is 11.3 Å². The van der Waals surface area contributed by atoms with Crippen LogP contribution < -0.4 is 0 Å². The van der Waals surface area contributed by atoms with Crippen molar-refractivity contribution in [3.63, 3.8) is 0 Å². The summed E-state index contributed by atoms with van der Waals surface area (Å²) in [4.78, 5) is 13.6. The minimum absolute atomic E-state index is 0.0339. The molecule has 2 aromatic heterocycles. The van der Waals surface area contributed by atoms with Crippen molar-refractivity contribution in [2.75, 3.05) is 19.7 Å². The van der Waals surface area contributed by atoms with Gasteiger partial charge in [-0.2, -0.15) is 5.10 Å². The van der Waals surface area contributed by atoms with E-state index in [9.17, 15) is 9.90 Å². The first-order valence-corrected chi connectivity index (χ1v) is 8.45. The van der Waals surface area contributed by atoms with Crippen molar-refractivity contribution in [1.29, 1.82) is 0 Å². The summed E-state index contributed by atoms with van der Waals surface area (Å²) in [6.07, 6.45) is 1.68. The summed E-state index contributed by atoms with van der Waals surface area (Å²) < 4.78 is 11.7. The standard InChI is InChI=1S/C19H19N3O4/c23-19(24)15-4-2-1-3-14(15)17-6-5-13(26-17)11-22-9-10-25-18(12-22)16-7-8-20-21-16/h1-8,18H,9-12H2,(H,20,21)(H,23,24)/t18-/m1/s1. The summed E-state index contributed by atoms with van der Waals surface area (Å²) in [5.41, 5.74) is 1.79. The number of rotatable bonds is 5. The predicted octanol–water partition coefficient (Wildman–Crippen LogP) is 2.94. The molecular formula is C19H19N3O4. The van der Waals surface area contributed by atoms with Gasteiger partial charge in [0.1, 0.15) is 17.6 Å². The molecule has 0 radical (unpaired) electrons. The minimum Gasteiger partial charge on any atom is -0.478 e. The quantitative estimate of drug-likeness (QED) is 0.733. The zero-order valence-corrected chi connectivity index (χ0v) is 14.1. The Morgan fingerprint density at radius 2 is 2.15 bits per heavy atom. The molecule has 1 saturated heterocycles. The van der Waals surface area contributed by atoms with E-state index < -0.39 is 5.97 Å². The lowest BCUT2D eigenvalue weighted by molar-refractivity contribution is -0.0366. The number of carboxylic acids is 1. The molecule has 0 bridgehead atoms. The van der Waals surface area contributed by atoms with Crippen LogP contribution in [-0.2, 0) is 11.3 Å². The molecule has 0 amide bonds. The second-order valence-corrected chi connectivity index (χ2v) is 6.22. The van der Waals surface area contributed by atoms with Gasteiger partial charge in [0.25, 0.3) is 0 Å². The molecule has 7 heteroatoms. The Kier molecular flexibility index (Phi) is 4.55. The van der Waals surface area contributed by atoms with Gasteiger partial charge in [-0.05, 0) is 24.3 Å². The maximum atomic E-state index is 11.4. The fourth-order valence-corrected chi connectivity index (χ4v) is 3.19. The van der Waals surface area contributed by atoms with Crippen molar-refractivity contribution in [3.05, 3.63) is 65.7 Å². The van der Waals surface area contributed by atoms with Crippen molar-refractivity contribution in [1.82, 2.24) is 15.1 Å². The summed E-state index contributed by atoms with van der Waals surface area (Å²) in [7, 11) is 0. The molecule has 1 atom stereocenters. The molecular weight excluding hydrogens is 334 g/mol. The lowest BCUT2D eigenvalue weighted by Crippen LogP contribution is -2.37. The Bertz CT molecular complexity index is 888. The number of hydrogen-bond acceptors (Lipinski definition) is 5. The Hall–Kier alpha value is -2.90. The molecule has 2 N–H and O–H groups in total. The summed E-state index contributed by atoms with van der Waals surface area (Å²) in [5.74, 6) is 0.399. The lowest BCUT2D eigenvalue weighted by Gasteiger charge is -2.31. The number of hydrogen-bond donors (Lipinski definition) is 2. The van der Waals surface area contributed by atoms with Crippen LogP contribution in [0.2, 0.25) is 0 Å². The molecule has 0 unspecified atom stereocenters. The van der Waals surface area contributed by atoms with Crippen molar-refractivity contribution in [2.24, 2.45) is 0 Å². The van der Waals surface area contributed by atoms with Gasteiger partial charge in [-0.25, -0.2) is 4.79 Å². The van der Waals surface area contributed by atoms with Gasteiger partial charge in [0.05, 0.1) is 24.4 Å². The Morgan fingerprint density at radius 1 is 1.27 bits per heavy atom. The van der Waals surface area contributed by atoms with Crippen LogP contribution >= 0.6 is 0 Å². The number of H-pyrrole nitrogens is 1. The zero-order valence-electron chi connectivity index (χ0n) is 14.1. The summed E-state index contributed by atoms with van der Waals surface area (Å²) >= 11 is 0. The highest BCUT2D eigenvalue weighted by Gasteiger charge is 2.24. The van der Waals surface area contributed by atoms with Crippen LogP contribution in [-0.4, -0.2) is 45.9 Å². The third kappa shape index (κ3) is 3.40. The van der Waals surface area contributed by atoms with Gasteiger partial charge < -0.3 is 14.3 Å². The average molecular weight is 353 g/mol. The second-order valence-electron chi connectivity index (χ2n) is 6.22. The van der Waals surface area contributed by atoms with Crippen LogP contribution in [0.4, 0.5) is 0 Å². The predicted molar refractivity (Wildman–Crippen MR) is 93.7 cm³/mol. The number of aromatic amines is 1. The number of carbonyl (C=O) groups is 1. The molecule has 1 aliphatic rings. The molecule has 4 rings (SSSR count). The molecule has 1 aromatic carbocycles. The number of aromatic nitrogens is 2. The van der Waals surface area contributed by atoms with Gasteiger partial charge in [-0.3, -0.25) is 10.00 Å². The Balaban J connectivity index is 1.48. The van der Waals surface area contributed by atoms with Crippen molar-refractivity contribution >= 4 is 5.97 Å². The van der Waals surface area contributed by atoms with Crippen LogP contribution in [0.1, 0.15) is 27.9 Å². The van der Waals surface area contributed by atoms with Gasteiger partial charge in [-0.1, -0.05) is 18.2 Å². The molecule has 26 heavy (non-hydrogen) atoms. The van der Waals surface area contributed by atoms with Crippen LogP contribution in [0.25, 0.3) is 11.3 Å². The number of ether oxygens (including phenoxy) is 1. The number of aromatic carboxylic acids is 1. The summed E-state index contributed by atoms with van der Waals surface area (Å²) in [6.45, 7) is 2.83. The molecule has 1 aliphatic heterocycles. The molecule has 0 saturated carbocycles. The highest BCUT2D eigenvalue weighted by Crippen LogP contribution is 2.27. The number of carboxylic acid groups (broad SMARTS) is 1. The van der Waals surface area contributed by atoms with Gasteiger partial charge >= 0.3 is 5.97 Å². The lowest BCUT2D eigenvalue weighted by atomic mass is 10.1. The number of morpholine rings is 1. The first-order chi connectivity index (χ1) is 12.7. The maximum Gasteiger partial charge on any atom is 0.336 e. The highest BCUT2D eigenvalue weighted by atomic mass is 16.5. The van der Waals surface area contributed by atoms with Gasteiger partial charge in [-0.15, -0.1) is 0 Å². The average Bonchev–Trinajstić information content (AvgIpc) is 3.34. The SMILES string of the molecule is O=C(O)c1ccccc1-c1ccc(CN2CCO[C@@H](c3ccn[nH]3)C2)o1. The van der Waals surface area contributed by atoms with E-state index in [1.54, 1.807) is 30.5 Å². The van der Waals surface area contributed by atoms with Crippen LogP contribution in [0.5, 0.6) is 0 Å². The molecule has 3 aromatic rings. The monoisotopic (exact) mass is 353 g/mol. The van der Waals surface area contributed by atoms with Crippen molar-refractivity contribution < 1.29 is 19.1 Å². The topological polar surface area (TPSA) is 91.6 Å². The van der Waals surface area contributed by atoms with Crippen LogP contribution in [0.3, 0.4) is 0 Å². The van der Waals surface area contributed by atoms with Gasteiger partial charge in [0.15, 0.2) is 0 Å². The number of benzene rings is 1. The molecule has 1 fully saturated rings. The fourth-order valence-electron chi connectivity index (χ4n) is 3.19. The summed E-state index contributed by atoms with van der Waals surface area (Å²) in [6, 6.07) is 12.5. The van der Waals surface area contributed by atoms with E-state index in [1.807, 2.05) is 18.2 Å². The van der Waals surface area contributed by atoms with E-state index in [4.69, 9.17) is 9.15 Å². The van der Waals surface area contributed by atoms with E-state index in [0.717, 1.165) is 24.5 Å². The normalized spacial score (nSPS) is 18.1. The van der Waals surface area contributed by atoms with Gasteiger partial charge in [0, 0.05) is 24.8 Å². The van der Waals surface area contributed by atoms with Crippen LogP contribution in [0.15, 0.2) is 53.1 Å². The first-order valence-electron chi connectivity index (χ1n) is 8.45. The maximum absolute atomic E-state index is 11.4. The smallest absolute Gasteiger partial charge is 0.336 e. The molecule has 0 spiro atoms. The number of nitrogens with zero attached hydrogens (tertiary/aromatic N) is 2. The van der Waals surface area contributed by atoms with Gasteiger partial charge in [0.2, 0.25) is 0 Å². The Labute approximate surface area is 150 Å². The third-order valence-corrected chi connectivity index (χ3v) is 4.48. The van der Waals surface area contributed by atoms with Crippen molar-refractivity contribution in [2.45, 2.75) is 12.6 Å². The van der Waals surface area contributed by atoms with E-state index in [2.05, 4.69) is 15.1 Å². The van der Waals surface area contributed by atoms with Crippen LogP contribution in [0, 0.1) is 0 Å². The fraction of sp³-hybridized carbons (Fsp3) is 0.263. The largest absolute Gasteiger partial charge is 0.478 e. The van der Waals surface area contributed by atoms with E-state index >= 15 is 0 Å². The summed E-state index contributed by atoms with van der Waals surface area (Å²) in [5, 5.41) is 16.3. The molecule has 134 valence electrons. The van der Waals surface area contributed by atoms with E-state index in [0.29, 0.717) is 24.5 Å². The Morgan fingerprint density at radius 3 is 2.96 bits per heavy atom. The first kappa shape index (κ1) is 16.6. The van der Waals surface area contributed by atoms with E-state index in [-0.39, 0.29) is 11.7 Å². The molecule has 3 heterocycles. The third-order valence-electron chi connectivity index (χ3n) is 4.48. The zero-order chi connectivity index (χ0) is 17.9. The molecule has 7 nitrogen and oxygen atoms in total. The molecule has 0 aliphatic carbocycles.